The summed E-state index contributed by atoms with van der Waals surface area (Å²) >= 11 is 0. The van der Waals surface area contributed by atoms with Crippen molar-refractivity contribution in [3.63, 3.8) is 0 Å². The maximum Gasteiger partial charge on any atom is 0.303 e. The Hall–Kier alpha value is -1.31. The topological polar surface area (TPSA) is 37.3 Å². The summed E-state index contributed by atoms with van der Waals surface area (Å²) in [5.41, 5.74) is 0. The third-order valence-electron chi connectivity index (χ3n) is 3.54. The van der Waals surface area contributed by atoms with Gasteiger partial charge in [0.05, 0.1) is 0 Å². The van der Waals surface area contributed by atoms with Crippen molar-refractivity contribution in [3.8, 4) is 0 Å². The zero-order valence-corrected chi connectivity index (χ0v) is 14.3. The molecule has 0 saturated carbocycles. The number of carboxylic acid groups (broad SMARTS) is 1. The van der Waals surface area contributed by atoms with Gasteiger partial charge in [-0.25, -0.2) is 0 Å². The number of hydrogen-bond acceptors (Lipinski definition) is 1. The lowest BCUT2D eigenvalue weighted by Gasteiger charge is -1.96. The zero-order valence-electron chi connectivity index (χ0n) is 14.3. The van der Waals surface area contributed by atoms with Gasteiger partial charge in [-0.2, -0.15) is 0 Å². The third kappa shape index (κ3) is 18.7. The SMILES string of the molecule is CCC=CCCCCCCC=CC=CCCCCCC(=O)O. The average molecular weight is 306 g/mol. The molecule has 0 saturated heterocycles. The fraction of sp³-hybridized carbons (Fsp3) is 0.650. The number of rotatable bonds is 15. The second-order valence-corrected chi connectivity index (χ2v) is 5.72. The van der Waals surface area contributed by atoms with E-state index in [-0.39, 0.29) is 0 Å². The van der Waals surface area contributed by atoms with E-state index >= 15 is 0 Å². The van der Waals surface area contributed by atoms with Gasteiger partial charge in [0.15, 0.2) is 0 Å². The van der Waals surface area contributed by atoms with E-state index in [0.29, 0.717) is 6.42 Å². The van der Waals surface area contributed by atoms with Gasteiger partial charge in [0.1, 0.15) is 0 Å². The Balaban J connectivity index is 3.24. The van der Waals surface area contributed by atoms with Gasteiger partial charge in [0.25, 0.3) is 0 Å². The van der Waals surface area contributed by atoms with Crippen molar-refractivity contribution < 1.29 is 9.90 Å². The van der Waals surface area contributed by atoms with Crippen LogP contribution in [0.5, 0.6) is 0 Å². The van der Waals surface area contributed by atoms with Crippen LogP contribution >= 0.6 is 0 Å². The molecule has 0 unspecified atom stereocenters. The molecule has 2 nitrogen and oxygen atoms in total. The molecular weight excluding hydrogens is 272 g/mol. The van der Waals surface area contributed by atoms with Crippen LogP contribution in [0.4, 0.5) is 0 Å². The molecule has 0 rings (SSSR count). The molecular formula is C20H34O2. The number of carboxylic acids is 1. The van der Waals surface area contributed by atoms with Gasteiger partial charge in [-0.15, -0.1) is 0 Å². The summed E-state index contributed by atoms with van der Waals surface area (Å²) in [5.74, 6) is -0.684. The highest BCUT2D eigenvalue weighted by molar-refractivity contribution is 5.66. The lowest BCUT2D eigenvalue weighted by Crippen LogP contribution is -1.93. The first-order chi connectivity index (χ1) is 10.8. The molecule has 2 heteroatoms. The van der Waals surface area contributed by atoms with E-state index < -0.39 is 5.97 Å². The summed E-state index contributed by atoms with van der Waals surface area (Å²) in [4.78, 5) is 10.3. The van der Waals surface area contributed by atoms with Crippen LogP contribution in [0.2, 0.25) is 0 Å². The maximum atomic E-state index is 10.3. The van der Waals surface area contributed by atoms with Crippen LogP contribution in [-0.4, -0.2) is 11.1 Å². The van der Waals surface area contributed by atoms with Crippen molar-refractivity contribution in [1.29, 1.82) is 0 Å². The highest BCUT2D eigenvalue weighted by Gasteiger charge is 1.94. The smallest absolute Gasteiger partial charge is 0.303 e. The van der Waals surface area contributed by atoms with E-state index in [0.717, 1.165) is 32.1 Å². The van der Waals surface area contributed by atoms with Crippen LogP contribution < -0.4 is 0 Å². The molecule has 0 amide bonds. The predicted molar refractivity (Wildman–Crippen MR) is 96.1 cm³/mol. The average Bonchev–Trinajstić information content (AvgIpc) is 2.50. The van der Waals surface area contributed by atoms with E-state index in [1.807, 2.05) is 0 Å². The van der Waals surface area contributed by atoms with E-state index in [1.165, 1.54) is 38.5 Å². The first-order valence-corrected chi connectivity index (χ1v) is 8.95. The molecule has 0 aromatic carbocycles. The second-order valence-electron chi connectivity index (χ2n) is 5.72. The van der Waals surface area contributed by atoms with Gasteiger partial charge < -0.3 is 5.11 Å². The number of hydrogen-bond donors (Lipinski definition) is 1. The first kappa shape index (κ1) is 20.7. The molecule has 0 aliphatic carbocycles. The maximum absolute atomic E-state index is 10.3. The molecule has 0 bridgehead atoms. The highest BCUT2D eigenvalue weighted by Crippen LogP contribution is 2.07. The number of carbonyl (C=O) groups is 1. The third-order valence-corrected chi connectivity index (χ3v) is 3.54. The van der Waals surface area contributed by atoms with Crippen LogP contribution in [-0.2, 0) is 4.79 Å². The number of aliphatic carboxylic acids is 1. The Kier molecular flexibility index (Phi) is 16.7. The molecule has 126 valence electrons. The summed E-state index contributed by atoms with van der Waals surface area (Å²) in [7, 11) is 0. The van der Waals surface area contributed by atoms with Gasteiger partial charge in [0, 0.05) is 6.42 Å². The lowest BCUT2D eigenvalue weighted by molar-refractivity contribution is -0.137. The summed E-state index contributed by atoms with van der Waals surface area (Å²) < 4.78 is 0. The number of unbranched alkanes of at least 4 members (excludes halogenated alkanes) is 8. The second kappa shape index (κ2) is 17.7. The highest BCUT2D eigenvalue weighted by atomic mass is 16.4. The molecule has 22 heavy (non-hydrogen) atoms. The van der Waals surface area contributed by atoms with Crippen molar-refractivity contribution in [3.05, 3.63) is 36.5 Å². The summed E-state index contributed by atoms with van der Waals surface area (Å²) in [6, 6.07) is 0. The molecule has 0 aliphatic heterocycles. The predicted octanol–water partition coefficient (Wildman–Crippen LogP) is 6.44. The molecule has 0 fully saturated rings. The molecule has 0 heterocycles. The van der Waals surface area contributed by atoms with Crippen LogP contribution in [0.15, 0.2) is 36.5 Å². The van der Waals surface area contributed by atoms with Crippen LogP contribution in [0, 0.1) is 0 Å². The van der Waals surface area contributed by atoms with Crippen LogP contribution in [0.3, 0.4) is 0 Å². The fourth-order valence-corrected chi connectivity index (χ4v) is 2.23. The summed E-state index contributed by atoms with van der Waals surface area (Å²) in [6.45, 7) is 2.18. The monoisotopic (exact) mass is 306 g/mol. The Morgan fingerprint density at radius 3 is 1.73 bits per heavy atom. The van der Waals surface area contributed by atoms with Crippen LogP contribution in [0.25, 0.3) is 0 Å². The Morgan fingerprint density at radius 1 is 0.727 bits per heavy atom. The van der Waals surface area contributed by atoms with E-state index in [2.05, 4.69) is 43.4 Å². The summed E-state index contributed by atoms with van der Waals surface area (Å²) in [5, 5.41) is 8.51. The standard InChI is InChI=1S/C20H34O2/c1-2-3-4-5-6-7-8-9-10-11-12-13-14-15-16-17-18-19-20(21)22/h3-4,11-14H,2,5-10,15-19H2,1H3,(H,21,22). The van der Waals surface area contributed by atoms with Gasteiger partial charge >= 0.3 is 5.97 Å². The molecule has 0 aliphatic rings. The minimum absolute atomic E-state index is 0.304. The lowest BCUT2D eigenvalue weighted by atomic mass is 10.1. The minimum Gasteiger partial charge on any atom is -0.481 e. The van der Waals surface area contributed by atoms with Gasteiger partial charge in [0.2, 0.25) is 0 Å². The van der Waals surface area contributed by atoms with E-state index in [1.54, 1.807) is 0 Å². The zero-order chi connectivity index (χ0) is 16.3. The number of allylic oxidation sites excluding steroid dienone is 6. The molecule has 0 aromatic rings. The quantitative estimate of drug-likeness (QED) is 0.215. The normalized spacial score (nSPS) is 12.0. The van der Waals surface area contributed by atoms with Crippen molar-refractivity contribution in [1.82, 2.24) is 0 Å². The van der Waals surface area contributed by atoms with Crippen molar-refractivity contribution in [2.24, 2.45) is 0 Å². The van der Waals surface area contributed by atoms with Crippen molar-refractivity contribution in [2.45, 2.75) is 84.0 Å². The Bertz CT molecular complexity index is 327. The van der Waals surface area contributed by atoms with E-state index in [4.69, 9.17) is 5.11 Å². The Morgan fingerprint density at radius 2 is 1.23 bits per heavy atom. The van der Waals surface area contributed by atoms with Crippen LogP contribution in [0.1, 0.15) is 84.0 Å². The van der Waals surface area contributed by atoms with Crippen molar-refractivity contribution in [2.75, 3.05) is 0 Å². The fourth-order valence-electron chi connectivity index (χ4n) is 2.23. The Labute approximate surface area is 137 Å². The van der Waals surface area contributed by atoms with Gasteiger partial charge in [-0.3, -0.25) is 4.79 Å². The molecule has 0 atom stereocenters. The molecule has 0 radical (unpaired) electrons. The molecule has 1 N–H and O–H groups in total. The first-order valence-electron chi connectivity index (χ1n) is 8.95. The van der Waals surface area contributed by atoms with Gasteiger partial charge in [-0.1, -0.05) is 62.6 Å². The van der Waals surface area contributed by atoms with Crippen molar-refractivity contribution >= 4 is 5.97 Å². The largest absolute Gasteiger partial charge is 0.481 e. The minimum atomic E-state index is -0.684. The molecule has 0 spiro atoms. The summed E-state index contributed by atoms with van der Waals surface area (Å²) in [6.07, 6.45) is 26.3. The van der Waals surface area contributed by atoms with Gasteiger partial charge in [-0.05, 0) is 51.4 Å². The molecule has 0 aromatic heterocycles. The van der Waals surface area contributed by atoms with E-state index in [9.17, 15) is 4.79 Å².